The van der Waals surface area contributed by atoms with E-state index in [0.29, 0.717) is 37.4 Å². The molecule has 7 nitrogen and oxygen atoms in total. The number of carbonyl (C=O) groups excluding carboxylic acids is 1. The quantitative estimate of drug-likeness (QED) is 0.591. The number of rotatable bonds is 7. The van der Waals surface area contributed by atoms with E-state index >= 15 is 0 Å². The Morgan fingerprint density at radius 2 is 1.81 bits per heavy atom. The lowest BCUT2D eigenvalue weighted by Gasteiger charge is -2.31. The lowest BCUT2D eigenvalue weighted by atomic mass is 9.97. The molecule has 0 aliphatic carbocycles. The maximum Gasteiger partial charge on any atom is 0.243 e. The second kappa shape index (κ2) is 9.44. The van der Waals surface area contributed by atoms with Crippen LogP contribution in [0.2, 0.25) is 0 Å². The fraction of sp³-hybridized carbons (Fsp3) is 0.375. The first-order valence-electron chi connectivity index (χ1n) is 10.8. The molecule has 0 spiro atoms. The normalized spacial score (nSPS) is 17.0. The third kappa shape index (κ3) is 4.72. The van der Waals surface area contributed by atoms with Crippen molar-refractivity contribution >= 4 is 26.7 Å². The molecule has 32 heavy (non-hydrogen) atoms. The third-order valence-electron chi connectivity index (χ3n) is 6.15. The van der Waals surface area contributed by atoms with Crippen LogP contribution < -0.4 is 5.32 Å². The molecule has 1 fully saturated rings. The minimum Gasteiger partial charge on any atom is -0.468 e. The molecule has 0 radical (unpaired) electrons. The minimum atomic E-state index is -3.59. The number of hydrogen-bond acceptors (Lipinski definition) is 5. The number of amides is 1. The number of benzene rings is 2. The molecule has 1 aliphatic heterocycles. The van der Waals surface area contributed by atoms with E-state index in [1.165, 1.54) is 4.31 Å². The Kier molecular flexibility index (Phi) is 6.64. The van der Waals surface area contributed by atoms with E-state index < -0.39 is 10.0 Å². The van der Waals surface area contributed by atoms with E-state index in [0.717, 1.165) is 16.5 Å². The molecule has 4 rings (SSSR count). The third-order valence-corrected chi connectivity index (χ3v) is 8.04. The first-order valence-corrected chi connectivity index (χ1v) is 12.3. The summed E-state index contributed by atoms with van der Waals surface area (Å²) in [5.41, 5.74) is 0. The molecule has 1 saturated heterocycles. The van der Waals surface area contributed by atoms with Crippen LogP contribution in [0.3, 0.4) is 0 Å². The van der Waals surface area contributed by atoms with Crippen LogP contribution in [0.1, 0.15) is 24.6 Å². The van der Waals surface area contributed by atoms with Gasteiger partial charge in [-0.3, -0.25) is 9.69 Å². The van der Waals surface area contributed by atoms with E-state index in [2.05, 4.69) is 5.32 Å². The molecule has 170 valence electrons. The van der Waals surface area contributed by atoms with Gasteiger partial charge in [-0.1, -0.05) is 30.3 Å². The van der Waals surface area contributed by atoms with E-state index in [9.17, 15) is 13.2 Å². The highest BCUT2D eigenvalue weighted by molar-refractivity contribution is 7.89. The van der Waals surface area contributed by atoms with Gasteiger partial charge in [0.2, 0.25) is 15.9 Å². The first-order chi connectivity index (χ1) is 15.4. The fourth-order valence-corrected chi connectivity index (χ4v) is 5.70. The van der Waals surface area contributed by atoms with Crippen LogP contribution in [0.25, 0.3) is 10.8 Å². The Labute approximate surface area is 189 Å². The predicted octanol–water partition coefficient (Wildman–Crippen LogP) is 3.25. The summed E-state index contributed by atoms with van der Waals surface area (Å²) in [6, 6.07) is 16.6. The molecule has 2 aromatic carbocycles. The van der Waals surface area contributed by atoms with Crippen LogP contribution in [0, 0.1) is 5.92 Å². The molecule has 1 atom stereocenters. The molecule has 1 N–H and O–H groups in total. The van der Waals surface area contributed by atoms with Gasteiger partial charge in [0.05, 0.1) is 17.2 Å². The van der Waals surface area contributed by atoms with Gasteiger partial charge < -0.3 is 9.73 Å². The zero-order valence-corrected chi connectivity index (χ0v) is 19.2. The average Bonchev–Trinajstić information content (AvgIpc) is 3.33. The Morgan fingerprint density at radius 1 is 1.09 bits per heavy atom. The van der Waals surface area contributed by atoms with E-state index in [4.69, 9.17) is 4.42 Å². The highest BCUT2D eigenvalue weighted by atomic mass is 32.2. The number of nitrogens with one attached hydrogen (secondary N) is 1. The molecule has 1 aliphatic rings. The van der Waals surface area contributed by atoms with Crippen LogP contribution in [-0.2, 0) is 14.8 Å². The highest BCUT2D eigenvalue weighted by Crippen LogP contribution is 2.26. The zero-order valence-electron chi connectivity index (χ0n) is 18.4. The Hall–Kier alpha value is -2.68. The number of likely N-dealkylation sites (N-methyl/N-ethyl adjacent to an activating group) is 1. The lowest BCUT2D eigenvalue weighted by Crippen LogP contribution is -2.44. The Bertz CT molecular complexity index is 1170. The van der Waals surface area contributed by atoms with Gasteiger partial charge in [0.15, 0.2) is 0 Å². The van der Waals surface area contributed by atoms with Crippen LogP contribution in [0.15, 0.2) is 70.2 Å². The lowest BCUT2D eigenvalue weighted by molar-refractivity contribution is -0.126. The van der Waals surface area contributed by atoms with Crippen molar-refractivity contribution in [1.82, 2.24) is 14.5 Å². The molecular formula is C24H29N3O4S. The van der Waals surface area contributed by atoms with Crippen molar-refractivity contribution in [3.8, 4) is 0 Å². The summed E-state index contributed by atoms with van der Waals surface area (Å²) in [5.74, 6) is 0.565. The van der Waals surface area contributed by atoms with Crippen LogP contribution in [0.5, 0.6) is 0 Å². The number of nitrogens with zero attached hydrogens (tertiary/aromatic N) is 2. The number of furan rings is 1. The number of hydrogen-bond donors (Lipinski definition) is 1. The summed E-state index contributed by atoms with van der Waals surface area (Å²) in [5, 5.41) is 4.92. The fourth-order valence-electron chi connectivity index (χ4n) is 4.20. The summed E-state index contributed by atoms with van der Waals surface area (Å²) >= 11 is 0. The Balaban J connectivity index is 1.36. The average molecular weight is 456 g/mol. The summed E-state index contributed by atoms with van der Waals surface area (Å²) in [6.07, 6.45) is 2.64. The van der Waals surface area contributed by atoms with E-state index in [-0.39, 0.29) is 17.9 Å². The van der Waals surface area contributed by atoms with Crippen molar-refractivity contribution in [2.45, 2.75) is 23.8 Å². The summed E-state index contributed by atoms with van der Waals surface area (Å²) in [6.45, 7) is 1.11. The van der Waals surface area contributed by atoms with Gasteiger partial charge in [0, 0.05) is 25.6 Å². The van der Waals surface area contributed by atoms with E-state index in [1.807, 2.05) is 61.5 Å². The van der Waals surface area contributed by atoms with Gasteiger partial charge in [-0.05, 0) is 62.0 Å². The number of fused-ring (bicyclic) bond motifs is 1. The maximum atomic E-state index is 13.1. The molecule has 8 heteroatoms. The van der Waals surface area contributed by atoms with Gasteiger partial charge in [0.1, 0.15) is 5.76 Å². The second-order valence-corrected chi connectivity index (χ2v) is 10.4. The maximum absolute atomic E-state index is 13.1. The first kappa shape index (κ1) is 22.5. The van der Waals surface area contributed by atoms with Crippen LogP contribution >= 0.6 is 0 Å². The van der Waals surface area contributed by atoms with Crippen molar-refractivity contribution in [3.63, 3.8) is 0 Å². The summed E-state index contributed by atoms with van der Waals surface area (Å²) in [7, 11) is 0.293. The topological polar surface area (TPSA) is 82.9 Å². The smallest absolute Gasteiger partial charge is 0.243 e. The van der Waals surface area contributed by atoms with Gasteiger partial charge >= 0.3 is 0 Å². The molecule has 0 bridgehead atoms. The van der Waals surface area contributed by atoms with Crippen molar-refractivity contribution < 1.29 is 17.6 Å². The predicted molar refractivity (Wildman–Crippen MR) is 124 cm³/mol. The number of sulfonamides is 1. The SMILES string of the molecule is CN(C)[C@H](CNC(=O)C1CCN(S(=O)(=O)c2ccc3ccccc3c2)CC1)c1ccco1. The van der Waals surface area contributed by atoms with Crippen molar-refractivity contribution in [3.05, 3.63) is 66.6 Å². The highest BCUT2D eigenvalue weighted by Gasteiger charge is 2.32. The van der Waals surface area contributed by atoms with Gasteiger partial charge in [0.25, 0.3) is 0 Å². The molecule has 3 aromatic rings. The Morgan fingerprint density at radius 3 is 2.47 bits per heavy atom. The zero-order chi connectivity index (χ0) is 22.7. The number of piperidine rings is 1. The number of carbonyl (C=O) groups is 1. The standard InChI is InChI=1S/C24H29N3O4S/c1-26(2)22(23-8-5-15-31-23)17-25-24(28)19-11-13-27(14-12-19)32(29,30)21-10-9-18-6-3-4-7-20(18)16-21/h3-10,15-16,19,22H,11-14,17H2,1-2H3,(H,25,28)/t22-/m1/s1. The summed E-state index contributed by atoms with van der Waals surface area (Å²) in [4.78, 5) is 15.0. The largest absolute Gasteiger partial charge is 0.468 e. The molecule has 1 amide bonds. The van der Waals surface area contributed by atoms with Crippen molar-refractivity contribution in [2.24, 2.45) is 5.92 Å². The minimum absolute atomic E-state index is 0.0360. The van der Waals surface area contributed by atoms with Gasteiger partial charge in [-0.25, -0.2) is 8.42 Å². The van der Waals surface area contributed by atoms with Crippen molar-refractivity contribution in [2.75, 3.05) is 33.7 Å². The molecule has 0 saturated carbocycles. The van der Waals surface area contributed by atoms with Gasteiger partial charge in [-0.15, -0.1) is 0 Å². The van der Waals surface area contributed by atoms with Crippen LogP contribution in [-0.4, -0.2) is 57.3 Å². The molecule has 2 heterocycles. The van der Waals surface area contributed by atoms with E-state index in [1.54, 1.807) is 18.4 Å². The summed E-state index contributed by atoms with van der Waals surface area (Å²) < 4.78 is 33.3. The molecule has 0 unspecified atom stereocenters. The monoisotopic (exact) mass is 455 g/mol. The molecule has 1 aromatic heterocycles. The van der Waals surface area contributed by atoms with Crippen molar-refractivity contribution in [1.29, 1.82) is 0 Å². The molecular weight excluding hydrogens is 426 g/mol. The second-order valence-electron chi connectivity index (χ2n) is 8.43. The van der Waals surface area contributed by atoms with Crippen LogP contribution in [0.4, 0.5) is 0 Å². The van der Waals surface area contributed by atoms with Gasteiger partial charge in [-0.2, -0.15) is 4.31 Å².